The highest BCUT2D eigenvalue weighted by Crippen LogP contribution is 2.30. The number of hydrogen-bond donors (Lipinski definition) is 2. The van der Waals surface area contributed by atoms with Crippen molar-refractivity contribution in [2.24, 2.45) is 0 Å². The Hall–Kier alpha value is -2.09. The fourth-order valence-corrected chi connectivity index (χ4v) is 3.01. The highest BCUT2D eigenvalue weighted by Gasteiger charge is 2.32. The Balaban J connectivity index is 2.59. The largest absolute Gasteiger partial charge is 0.431 e. The number of hydrogen-bond acceptors (Lipinski definition) is 3. The summed E-state index contributed by atoms with van der Waals surface area (Å²) in [5.41, 5.74) is -2.87. The molecule has 0 fully saturated rings. The minimum atomic E-state index is -4.67. The number of aromatic amines is 2. The minimum Gasteiger partial charge on any atom is -0.350 e. The van der Waals surface area contributed by atoms with E-state index in [0.717, 1.165) is 4.88 Å². The fraction of sp³-hybridized carbons (Fsp3) is 0.167. The van der Waals surface area contributed by atoms with Gasteiger partial charge in [0, 0.05) is 16.3 Å². The molecule has 104 valence electrons. The standard InChI is InChI=1S/C12H7F3N2O2S/c1-4-2-5-9-8(10(19)17-11(5)20-4)6(18)3-7(16-9)12(13,14)15/h2-3H,1H3,(H,16,18)(H,17,19). The summed E-state index contributed by atoms with van der Waals surface area (Å²) in [7, 11) is 0. The maximum Gasteiger partial charge on any atom is 0.431 e. The van der Waals surface area contributed by atoms with Crippen LogP contribution in [0.2, 0.25) is 0 Å². The molecular formula is C12H7F3N2O2S. The predicted molar refractivity (Wildman–Crippen MR) is 70.3 cm³/mol. The van der Waals surface area contributed by atoms with Gasteiger partial charge in [-0.1, -0.05) is 0 Å². The zero-order valence-corrected chi connectivity index (χ0v) is 10.8. The molecule has 0 radical (unpaired) electrons. The van der Waals surface area contributed by atoms with Crippen LogP contribution in [0.3, 0.4) is 0 Å². The van der Waals surface area contributed by atoms with Crippen LogP contribution in [0.5, 0.6) is 0 Å². The molecule has 0 amide bonds. The van der Waals surface area contributed by atoms with Crippen LogP contribution in [-0.2, 0) is 6.18 Å². The van der Waals surface area contributed by atoms with Crippen LogP contribution in [0.1, 0.15) is 10.6 Å². The molecule has 0 aliphatic carbocycles. The number of aryl methyl sites for hydroxylation is 1. The molecule has 0 aliphatic rings. The molecule has 20 heavy (non-hydrogen) atoms. The van der Waals surface area contributed by atoms with Crippen molar-refractivity contribution in [3.63, 3.8) is 0 Å². The molecule has 3 aromatic heterocycles. The van der Waals surface area contributed by atoms with Gasteiger partial charge in [-0.15, -0.1) is 11.3 Å². The van der Waals surface area contributed by atoms with E-state index in [9.17, 15) is 22.8 Å². The molecule has 8 heteroatoms. The lowest BCUT2D eigenvalue weighted by molar-refractivity contribution is -0.141. The first kappa shape index (κ1) is 12.9. The fourth-order valence-electron chi connectivity index (χ4n) is 2.10. The van der Waals surface area contributed by atoms with Crippen molar-refractivity contribution in [2.75, 3.05) is 0 Å². The first-order chi connectivity index (χ1) is 9.27. The van der Waals surface area contributed by atoms with E-state index in [1.54, 1.807) is 13.0 Å². The molecule has 3 aromatic rings. The Labute approximate surface area is 112 Å². The number of pyridine rings is 2. The van der Waals surface area contributed by atoms with Crippen LogP contribution < -0.4 is 11.0 Å². The van der Waals surface area contributed by atoms with Crippen molar-refractivity contribution in [1.29, 1.82) is 0 Å². The van der Waals surface area contributed by atoms with Crippen LogP contribution in [0.25, 0.3) is 21.1 Å². The summed E-state index contributed by atoms with van der Waals surface area (Å²) >= 11 is 1.24. The third-order valence-electron chi connectivity index (χ3n) is 2.92. The first-order valence-electron chi connectivity index (χ1n) is 5.54. The molecule has 0 saturated heterocycles. The van der Waals surface area contributed by atoms with E-state index in [2.05, 4.69) is 9.97 Å². The van der Waals surface area contributed by atoms with Crippen molar-refractivity contribution >= 4 is 32.5 Å². The third kappa shape index (κ3) is 1.83. The SMILES string of the molecule is Cc1cc2c([nH]c(=O)c3c(=O)cc(C(F)(F)F)[nH]c32)s1. The number of alkyl halides is 3. The van der Waals surface area contributed by atoms with Crippen LogP contribution in [0, 0.1) is 6.92 Å². The topological polar surface area (TPSA) is 65.7 Å². The van der Waals surface area contributed by atoms with Gasteiger partial charge in [-0.2, -0.15) is 13.2 Å². The third-order valence-corrected chi connectivity index (χ3v) is 3.88. The summed E-state index contributed by atoms with van der Waals surface area (Å²) in [5.74, 6) is 0. The van der Waals surface area contributed by atoms with Gasteiger partial charge in [0.25, 0.3) is 5.56 Å². The van der Waals surface area contributed by atoms with Crippen LogP contribution in [0.4, 0.5) is 13.2 Å². The Bertz CT molecular complexity index is 949. The summed E-state index contributed by atoms with van der Waals surface area (Å²) in [6, 6.07) is 2.04. The van der Waals surface area contributed by atoms with Gasteiger partial charge in [-0.3, -0.25) is 9.59 Å². The second-order valence-electron chi connectivity index (χ2n) is 4.35. The molecule has 3 rings (SSSR count). The van der Waals surface area contributed by atoms with E-state index in [1.807, 2.05) is 0 Å². The number of rotatable bonds is 0. The Morgan fingerprint density at radius 2 is 1.85 bits per heavy atom. The zero-order chi connectivity index (χ0) is 14.7. The van der Waals surface area contributed by atoms with E-state index >= 15 is 0 Å². The maximum atomic E-state index is 12.7. The lowest BCUT2D eigenvalue weighted by Gasteiger charge is -2.08. The highest BCUT2D eigenvalue weighted by molar-refractivity contribution is 7.18. The van der Waals surface area contributed by atoms with Gasteiger partial charge in [-0.25, -0.2) is 0 Å². The molecule has 2 N–H and O–H groups in total. The lowest BCUT2D eigenvalue weighted by Crippen LogP contribution is -2.20. The van der Waals surface area contributed by atoms with Gasteiger partial charge in [0.15, 0.2) is 5.43 Å². The van der Waals surface area contributed by atoms with E-state index in [4.69, 9.17) is 0 Å². The Kier molecular flexibility index (Phi) is 2.55. The van der Waals surface area contributed by atoms with E-state index in [0.29, 0.717) is 16.3 Å². The van der Waals surface area contributed by atoms with Crippen molar-refractivity contribution in [3.8, 4) is 0 Å². The van der Waals surface area contributed by atoms with Gasteiger partial charge in [0.2, 0.25) is 0 Å². The lowest BCUT2D eigenvalue weighted by atomic mass is 10.2. The van der Waals surface area contributed by atoms with Crippen LogP contribution in [0.15, 0.2) is 21.7 Å². The zero-order valence-electron chi connectivity index (χ0n) is 10.0. The van der Waals surface area contributed by atoms with Gasteiger partial charge < -0.3 is 9.97 Å². The average molecular weight is 300 g/mol. The molecule has 0 spiro atoms. The van der Waals surface area contributed by atoms with E-state index in [-0.39, 0.29) is 10.9 Å². The quantitative estimate of drug-likeness (QED) is 0.670. The predicted octanol–water partition coefficient (Wildman–Crippen LogP) is 2.76. The molecule has 0 unspecified atom stereocenters. The number of H-pyrrole nitrogens is 2. The molecule has 0 saturated carbocycles. The maximum absolute atomic E-state index is 12.7. The second-order valence-corrected chi connectivity index (χ2v) is 5.61. The molecule has 0 aromatic carbocycles. The number of nitrogens with one attached hydrogen (secondary N) is 2. The summed E-state index contributed by atoms with van der Waals surface area (Å²) in [6.07, 6.45) is -4.67. The summed E-state index contributed by atoms with van der Waals surface area (Å²) in [4.78, 5) is 29.6. The number of thiophene rings is 1. The van der Waals surface area contributed by atoms with Gasteiger partial charge in [-0.05, 0) is 13.0 Å². The van der Waals surface area contributed by atoms with Gasteiger partial charge in [0.1, 0.15) is 15.9 Å². The van der Waals surface area contributed by atoms with Crippen LogP contribution in [-0.4, -0.2) is 9.97 Å². The minimum absolute atomic E-state index is 0.0760. The molecule has 0 atom stereocenters. The molecule has 4 nitrogen and oxygen atoms in total. The molecule has 0 bridgehead atoms. The first-order valence-corrected chi connectivity index (χ1v) is 6.35. The van der Waals surface area contributed by atoms with Crippen LogP contribution >= 0.6 is 11.3 Å². The van der Waals surface area contributed by atoms with E-state index in [1.165, 1.54) is 11.3 Å². The van der Waals surface area contributed by atoms with Crippen molar-refractivity contribution < 1.29 is 13.2 Å². The number of fused-ring (bicyclic) bond motifs is 3. The van der Waals surface area contributed by atoms with Gasteiger partial charge in [0.05, 0.1) is 5.52 Å². The van der Waals surface area contributed by atoms with Crippen molar-refractivity contribution in [3.05, 3.63) is 43.3 Å². The van der Waals surface area contributed by atoms with Crippen molar-refractivity contribution in [1.82, 2.24) is 9.97 Å². The summed E-state index contributed by atoms with van der Waals surface area (Å²) < 4.78 is 38.2. The van der Waals surface area contributed by atoms with Gasteiger partial charge >= 0.3 is 6.18 Å². The van der Waals surface area contributed by atoms with Crippen molar-refractivity contribution in [2.45, 2.75) is 13.1 Å². The Morgan fingerprint density at radius 3 is 2.50 bits per heavy atom. The molecule has 0 aliphatic heterocycles. The normalized spacial score (nSPS) is 12.4. The second kappa shape index (κ2) is 3.95. The Morgan fingerprint density at radius 1 is 1.15 bits per heavy atom. The summed E-state index contributed by atoms with van der Waals surface area (Å²) in [5, 5.41) is 0.119. The summed E-state index contributed by atoms with van der Waals surface area (Å²) in [6.45, 7) is 1.76. The average Bonchev–Trinajstić information content (AvgIpc) is 2.67. The number of aromatic nitrogens is 2. The highest BCUT2D eigenvalue weighted by atomic mass is 32.1. The number of halogens is 3. The van der Waals surface area contributed by atoms with E-state index < -0.39 is 22.9 Å². The monoisotopic (exact) mass is 300 g/mol. The smallest absolute Gasteiger partial charge is 0.350 e. The molecule has 3 heterocycles. The molecular weight excluding hydrogens is 293 g/mol.